The molecule has 21 heavy (non-hydrogen) atoms. The van der Waals surface area contributed by atoms with Crippen molar-refractivity contribution >= 4 is 34.2 Å². The number of rotatable bonds is 5. The second-order valence-corrected chi connectivity index (χ2v) is 6.21. The number of hydrogen-bond donors (Lipinski definition) is 2. The Labute approximate surface area is 130 Å². The fourth-order valence-corrected chi connectivity index (χ4v) is 2.85. The molecule has 0 radical (unpaired) electrons. The van der Waals surface area contributed by atoms with Gasteiger partial charge in [0.1, 0.15) is 5.84 Å². The monoisotopic (exact) mass is 334 g/mol. The summed E-state index contributed by atoms with van der Waals surface area (Å²) in [4.78, 5) is 13.6. The van der Waals surface area contributed by atoms with E-state index in [4.69, 9.17) is 0 Å². The van der Waals surface area contributed by atoms with Crippen LogP contribution in [-0.2, 0) is 14.8 Å². The maximum Gasteiger partial charge on any atom is 0.256 e. The fraction of sp³-hybridized carbons (Fsp3) is 0.500. The summed E-state index contributed by atoms with van der Waals surface area (Å²) in [6, 6.07) is 0. The van der Waals surface area contributed by atoms with Crippen molar-refractivity contribution in [2.75, 3.05) is 31.9 Å². The van der Waals surface area contributed by atoms with Gasteiger partial charge in [-0.15, -0.1) is 16.8 Å². The van der Waals surface area contributed by atoms with Crippen LogP contribution in [0.5, 0.6) is 0 Å². The van der Waals surface area contributed by atoms with Crippen molar-refractivity contribution in [2.24, 2.45) is 4.40 Å². The smallest absolute Gasteiger partial charge is 0.256 e. The highest BCUT2D eigenvalue weighted by Crippen LogP contribution is 2.15. The van der Waals surface area contributed by atoms with Crippen molar-refractivity contribution < 1.29 is 13.2 Å². The molecule has 0 spiro atoms. The van der Waals surface area contributed by atoms with E-state index >= 15 is 0 Å². The number of fused-ring (bicyclic) bond motifs is 1. The molecule has 1 amide bonds. The van der Waals surface area contributed by atoms with Gasteiger partial charge in [-0.25, -0.2) is 8.42 Å². The number of nitrogens with zero attached hydrogens (tertiary/aromatic N) is 2. The molecular formula is C12H19ClN4O3S. The topological polar surface area (TPSA) is 90.9 Å². The zero-order chi connectivity index (χ0) is 14.6. The molecule has 0 aromatic rings. The van der Waals surface area contributed by atoms with E-state index in [0.717, 1.165) is 6.54 Å². The minimum atomic E-state index is -3.35. The Hall–Kier alpha value is -1.38. The summed E-state index contributed by atoms with van der Waals surface area (Å²) in [6.45, 7) is 4.45. The maximum absolute atomic E-state index is 11.9. The lowest BCUT2D eigenvalue weighted by Gasteiger charge is -2.26. The van der Waals surface area contributed by atoms with E-state index in [2.05, 4.69) is 15.0 Å². The molecule has 9 heteroatoms. The minimum absolute atomic E-state index is 0. The van der Waals surface area contributed by atoms with Gasteiger partial charge in [-0.2, -0.15) is 0 Å². The Bertz CT molecular complexity index is 583. The highest BCUT2D eigenvalue weighted by molar-refractivity contribution is 7.90. The lowest BCUT2D eigenvalue weighted by atomic mass is 10.2. The summed E-state index contributed by atoms with van der Waals surface area (Å²) in [5.74, 6) is 0.156. The number of carbonyl (C=O) groups excluding carboxylic acids is 1. The Morgan fingerprint density at radius 3 is 2.86 bits per heavy atom. The van der Waals surface area contributed by atoms with Crippen LogP contribution in [0.15, 0.2) is 28.3 Å². The quantitative estimate of drug-likeness (QED) is 0.670. The molecular weight excluding hydrogens is 316 g/mol. The zero-order valence-corrected chi connectivity index (χ0v) is 13.3. The Balaban J connectivity index is 0.00000220. The second-order valence-electron chi connectivity index (χ2n) is 4.46. The van der Waals surface area contributed by atoms with E-state index in [9.17, 15) is 13.2 Å². The number of hydrogen-bond acceptors (Lipinski definition) is 5. The maximum atomic E-state index is 11.9. The molecule has 2 aliphatic heterocycles. The molecule has 2 aliphatic rings. The minimum Gasteiger partial charge on any atom is -0.351 e. The van der Waals surface area contributed by atoms with Crippen molar-refractivity contribution in [1.29, 1.82) is 0 Å². The van der Waals surface area contributed by atoms with E-state index in [1.807, 2.05) is 6.92 Å². The molecule has 0 unspecified atom stereocenters. The summed E-state index contributed by atoms with van der Waals surface area (Å²) in [7, 11) is -3.35. The summed E-state index contributed by atoms with van der Waals surface area (Å²) in [5.41, 5.74) is 0.500. The molecule has 2 rings (SSSR count). The number of sulfonamides is 1. The van der Waals surface area contributed by atoms with Crippen LogP contribution in [0.25, 0.3) is 0 Å². The first kappa shape index (κ1) is 17.7. The van der Waals surface area contributed by atoms with Crippen molar-refractivity contribution in [1.82, 2.24) is 15.5 Å². The van der Waals surface area contributed by atoms with Crippen molar-refractivity contribution in [3.05, 3.63) is 23.9 Å². The molecule has 0 fully saturated rings. The third-order valence-corrected chi connectivity index (χ3v) is 4.09. The lowest BCUT2D eigenvalue weighted by molar-refractivity contribution is -0.117. The Kier molecular flexibility index (Phi) is 6.38. The number of amidine groups is 1. The first-order valence-electron chi connectivity index (χ1n) is 6.50. The molecule has 0 aliphatic carbocycles. The van der Waals surface area contributed by atoms with E-state index in [-0.39, 0.29) is 24.1 Å². The molecule has 7 nitrogen and oxygen atoms in total. The molecule has 2 heterocycles. The Morgan fingerprint density at radius 1 is 1.38 bits per heavy atom. The average molecular weight is 335 g/mol. The van der Waals surface area contributed by atoms with E-state index in [1.165, 1.54) is 0 Å². The first-order valence-corrected chi connectivity index (χ1v) is 8.11. The number of nitrogens with one attached hydrogen (secondary N) is 2. The predicted molar refractivity (Wildman–Crippen MR) is 84.0 cm³/mol. The van der Waals surface area contributed by atoms with Crippen LogP contribution in [0.2, 0.25) is 0 Å². The van der Waals surface area contributed by atoms with Crippen LogP contribution >= 0.6 is 12.4 Å². The van der Waals surface area contributed by atoms with Crippen LogP contribution < -0.4 is 10.6 Å². The molecule has 2 N–H and O–H groups in total. The van der Waals surface area contributed by atoms with Gasteiger partial charge in [-0.3, -0.25) is 4.79 Å². The number of halogens is 1. The van der Waals surface area contributed by atoms with Crippen LogP contribution in [0.4, 0.5) is 0 Å². The summed E-state index contributed by atoms with van der Waals surface area (Å²) >= 11 is 0. The third-order valence-electron chi connectivity index (χ3n) is 2.92. The summed E-state index contributed by atoms with van der Waals surface area (Å²) in [5, 5.41) is 5.91. The third kappa shape index (κ3) is 4.83. The number of carbonyl (C=O) groups is 1. The SMILES string of the molecule is CCNCCNC(=O)C1=CN2CCS(=O)(=O)N=C2C=C1.Cl. The van der Waals surface area contributed by atoms with E-state index in [1.54, 1.807) is 23.3 Å². The van der Waals surface area contributed by atoms with Gasteiger partial charge in [0.05, 0.1) is 11.3 Å². The van der Waals surface area contributed by atoms with Crippen LogP contribution in [0.1, 0.15) is 6.92 Å². The number of likely N-dealkylation sites (N-methyl/N-ethyl adjacent to an activating group) is 1. The van der Waals surface area contributed by atoms with Gasteiger partial charge in [0.25, 0.3) is 15.9 Å². The molecule has 0 aromatic carbocycles. The van der Waals surface area contributed by atoms with Gasteiger partial charge in [0, 0.05) is 25.8 Å². The second kappa shape index (κ2) is 7.58. The van der Waals surface area contributed by atoms with E-state index in [0.29, 0.717) is 31.0 Å². The fourth-order valence-electron chi connectivity index (χ4n) is 1.88. The van der Waals surface area contributed by atoms with Crippen molar-refractivity contribution in [3.8, 4) is 0 Å². The van der Waals surface area contributed by atoms with E-state index < -0.39 is 10.0 Å². The normalized spacial score (nSPS) is 19.0. The molecule has 0 aromatic heterocycles. The van der Waals surface area contributed by atoms with Gasteiger partial charge >= 0.3 is 0 Å². The van der Waals surface area contributed by atoms with Gasteiger partial charge in [0.2, 0.25) is 0 Å². The summed E-state index contributed by atoms with van der Waals surface area (Å²) in [6.07, 6.45) is 4.77. The first-order chi connectivity index (χ1) is 9.52. The number of amides is 1. The highest BCUT2D eigenvalue weighted by atomic mass is 35.5. The molecule has 0 bridgehead atoms. The van der Waals surface area contributed by atoms with Crippen molar-refractivity contribution in [2.45, 2.75) is 6.92 Å². The largest absolute Gasteiger partial charge is 0.351 e. The van der Waals surface area contributed by atoms with Gasteiger partial charge in [0.15, 0.2) is 0 Å². The lowest BCUT2D eigenvalue weighted by Crippen LogP contribution is -2.38. The molecule has 0 atom stereocenters. The average Bonchev–Trinajstić information content (AvgIpc) is 2.42. The van der Waals surface area contributed by atoms with Gasteiger partial charge < -0.3 is 15.5 Å². The van der Waals surface area contributed by atoms with Crippen LogP contribution in [0.3, 0.4) is 0 Å². The molecule has 0 saturated carbocycles. The van der Waals surface area contributed by atoms with Gasteiger partial charge in [-0.05, 0) is 18.7 Å². The Morgan fingerprint density at radius 2 is 2.14 bits per heavy atom. The highest BCUT2D eigenvalue weighted by Gasteiger charge is 2.24. The van der Waals surface area contributed by atoms with Gasteiger partial charge in [-0.1, -0.05) is 6.92 Å². The van der Waals surface area contributed by atoms with Crippen LogP contribution in [0, 0.1) is 0 Å². The molecule has 118 valence electrons. The van der Waals surface area contributed by atoms with Crippen LogP contribution in [-0.4, -0.2) is 57.0 Å². The standard InChI is InChI=1S/C12H18N4O3S.ClH/c1-2-13-5-6-14-12(17)10-3-4-11-15-20(18,19)8-7-16(11)9-10;/h3-4,9,13H,2,5-8H2,1H3,(H,14,17);1H. The molecule has 0 saturated heterocycles. The predicted octanol–water partition coefficient (Wildman–Crippen LogP) is -0.368. The van der Waals surface area contributed by atoms with Crippen molar-refractivity contribution in [3.63, 3.8) is 0 Å². The zero-order valence-electron chi connectivity index (χ0n) is 11.7. The summed E-state index contributed by atoms with van der Waals surface area (Å²) < 4.78 is 26.4.